The summed E-state index contributed by atoms with van der Waals surface area (Å²) in [6.45, 7) is 5.55. The third-order valence-electron chi connectivity index (χ3n) is 5.48. The van der Waals surface area contributed by atoms with Crippen molar-refractivity contribution in [2.45, 2.75) is 32.7 Å². The van der Waals surface area contributed by atoms with Gasteiger partial charge in [-0.1, -0.05) is 6.07 Å². The number of piperidine rings is 1. The lowest BCUT2D eigenvalue weighted by Crippen LogP contribution is -2.48. The number of fused-ring (bicyclic) bond motifs is 4. The Morgan fingerprint density at radius 3 is 2.44 bits per heavy atom. The molecule has 0 spiro atoms. The zero-order valence-electron chi connectivity index (χ0n) is 15.4. The van der Waals surface area contributed by atoms with Crippen LogP contribution < -0.4 is 0 Å². The summed E-state index contributed by atoms with van der Waals surface area (Å²) in [7, 11) is -0.335. The number of carbonyl (C=O) groups excluding carboxylic acids is 1. The van der Waals surface area contributed by atoms with E-state index in [0.29, 0.717) is 25.2 Å². The minimum atomic E-state index is -3.45. The van der Waals surface area contributed by atoms with Gasteiger partial charge in [0.15, 0.2) is 0 Å². The van der Waals surface area contributed by atoms with Gasteiger partial charge >= 0.3 is 0 Å². The molecule has 2 atom stereocenters. The Balaban J connectivity index is 1.85. The Labute approximate surface area is 150 Å². The van der Waals surface area contributed by atoms with Crippen molar-refractivity contribution >= 4 is 16.1 Å². The highest BCUT2D eigenvalue weighted by atomic mass is 32.2. The van der Waals surface area contributed by atoms with Gasteiger partial charge in [0, 0.05) is 45.3 Å². The summed E-state index contributed by atoms with van der Waals surface area (Å²) in [5.41, 5.74) is 2.96. The SMILES string of the molecule is Cc1ccc(C(=O)N2CC3CCC2CN(S(=O)(=O)N(C)C)C3)cc1C. The summed E-state index contributed by atoms with van der Waals surface area (Å²) < 4.78 is 27.9. The molecule has 4 rings (SSSR count). The fourth-order valence-electron chi connectivity index (χ4n) is 3.75. The Morgan fingerprint density at radius 1 is 1.08 bits per heavy atom. The molecule has 25 heavy (non-hydrogen) atoms. The molecule has 2 unspecified atom stereocenters. The molecule has 0 radical (unpaired) electrons. The number of nitrogens with zero attached hydrogens (tertiary/aromatic N) is 3. The van der Waals surface area contributed by atoms with Gasteiger partial charge in [0.2, 0.25) is 0 Å². The van der Waals surface area contributed by atoms with Gasteiger partial charge in [0.25, 0.3) is 16.1 Å². The molecule has 1 aromatic rings. The predicted octanol–water partition coefficient (Wildman–Crippen LogP) is 1.65. The largest absolute Gasteiger partial charge is 0.334 e. The van der Waals surface area contributed by atoms with Crippen molar-refractivity contribution in [2.24, 2.45) is 5.92 Å². The molecule has 3 saturated heterocycles. The molecular formula is C18H27N3O3S. The summed E-state index contributed by atoms with van der Waals surface area (Å²) in [5, 5.41) is 0. The highest BCUT2D eigenvalue weighted by Gasteiger charge is 2.41. The van der Waals surface area contributed by atoms with Gasteiger partial charge in [-0.2, -0.15) is 17.0 Å². The van der Waals surface area contributed by atoms with E-state index < -0.39 is 10.2 Å². The average molecular weight is 365 g/mol. The van der Waals surface area contributed by atoms with Crippen molar-refractivity contribution < 1.29 is 13.2 Å². The lowest BCUT2D eigenvalue weighted by molar-refractivity contribution is 0.0588. The maximum atomic E-state index is 13.0. The fourth-order valence-corrected chi connectivity index (χ4v) is 4.97. The molecule has 0 aliphatic carbocycles. The summed E-state index contributed by atoms with van der Waals surface area (Å²) in [4.78, 5) is 14.9. The number of benzene rings is 1. The van der Waals surface area contributed by atoms with E-state index in [1.165, 1.54) is 4.31 Å². The zero-order chi connectivity index (χ0) is 18.4. The molecule has 138 valence electrons. The van der Waals surface area contributed by atoms with Crippen molar-refractivity contribution in [1.82, 2.24) is 13.5 Å². The smallest absolute Gasteiger partial charge is 0.281 e. The molecule has 0 aromatic heterocycles. The first-order valence-corrected chi connectivity index (χ1v) is 10.2. The summed E-state index contributed by atoms with van der Waals surface area (Å²) in [6.07, 6.45) is 1.83. The fraction of sp³-hybridized carbons (Fsp3) is 0.611. The second-order valence-electron chi connectivity index (χ2n) is 7.46. The van der Waals surface area contributed by atoms with Crippen LogP contribution in [0.2, 0.25) is 0 Å². The average Bonchev–Trinajstić information content (AvgIpc) is 2.89. The Bertz CT molecular complexity index is 776. The number of aryl methyl sites for hydroxylation is 2. The molecule has 1 aromatic carbocycles. The van der Waals surface area contributed by atoms with Crippen LogP contribution in [0.25, 0.3) is 0 Å². The predicted molar refractivity (Wildman–Crippen MR) is 97.6 cm³/mol. The Kier molecular flexibility index (Phi) is 4.92. The molecule has 3 heterocycles. The van der Waals surface area contributed by atoms with Crippen LogP contribution in [0.3, 0.4) is 0 Å². The molecule has 0 saturated carbocycles. The number of amides is 1. The number of rotatable bonds is 3. The maximum absolute atomic E-state index is 13.0. The first kappa shape index (κ1) is 18.4. The van der Waals surface area contributed by atoms with Gasteiger partial charge in [0.05, 0.1) is 0 Å². The summed E-state index contributed by atoms with van der Waals surface area (Å²) in [5.74, 6) is 0.214. The lowest BCUT2D eigenvalue weighted by atomic mass is 9.94. The molecule has 2 bridgehead atoms. The first-order valence-electron chi connectivity index (χ1n) is 8.76. The number of hydrogen-bond acceptors (Lipinski definition) is 3. The highest BCUT2D eigenvalue weighted by Crippen LogP contribution is 2.31. The van der Waals surface area contributed by atoms with Crippen molar-refractivity contribution in [1.29, 1.82) is 0 Å². The van der Waals surface area contributed by atoms with Gasteiger partial charge < -0.3 is 4.90 Å². The molecule has 3 fully saturated rings. The Morgan fingerprint density at radius 2 is 1.80 bits per heavy atom. The van der Waals surface area contributed by atoms with Crippen molar-refractivity contribution in [3.05, 3.63) is 34.9 Å². The van der Waals surface area contributed by atoms with Crippen LogP contribution in [-0.2, 0) is 10.2 Å². The molecule has 7 heteroatoms. The van der Waals surface area contributed by atoms with Crippen LogP contribution in [0, 0.1) is 19.8 Å². The highest BCUT2D eigenvalue weighted by molar-refractivity contribution is 7.86. The van der Waals surface area contributed by atoms with Crippen molar-refractivity contribution in [3.63, 3.8) is 0 Å². The number of hydrogen-bond donors (Lipinski definition) is 0. The monoisotopic (exact) mass is 365 g/mol. The van der Waals surface area contributed by atoms with Crippen LogP contribution in [0.1, 0.15) is 34.3 Å². The van der Waals surface area contributed by atoms with E-state index in [-0.39, 0.29) is 17.9 Å². The summed E-state index contributed by atoms with van der Waals surface area (Å²) >= 11 is 0. The van der Waals surface area contributed by atoms with Gasteiger partial charge in [-0.3, -0.25) is 4.79 Å². The van der Waals surface area contributed by atoms with Crippen LogP contribution in [0.5, 0.6) is 0 Å². The molecule has 6 nitrogen and oxygen atoms in total. The third kappa shape index (κ3) is 3.45. The van der Waals surface area contributed by atoms with E-state index in [0.717, 1.165) is 24.0 Å². The zero-order valence-corrected chi connectivity index (χ0v) is 16.2. The molecule has 0 N–H and O–H groups in total. The second-order valence-corrected chi connectivity index (χ2v) is 9.60. The maximum Gasteiger partial charge on any atom is 0.281 e. The van der Waals surface area contributed by atoms with Crippen molar-refractivity contribution in [3.8, 4) is 0 Å². The van der Waals surface area contributed by atoms with Crippen LogP contribution in [0.15, 0.2) is 18.2 Å². The third-order valence-corrected chi connectivity index (χ3v) is 7.36. The Hall–Kier alpha value is -1.44. The summed E-state index contributed by atoms with van der Waals surface area (Å²) in [6, 6.07) is 5.73. The minimum Gasteiger partial charge on any atom is -0.334 e. The van der Waals surface area contributed by atoms with E-state index in [1.807, 2.05) is 36.9 Å². The standard InChI is InChI=1S/C18H27N3O3S/c1-13-5-7-16(9-14(13)2)18(22)21-11-15-6-8-17(21)12-20(10-15)25(23,24)19(3)4/h5,7,9,15,17H,6,8,10-12H2,1-4H3. The van der Waals surface area contributed by atoms with E-state index in [2.05, 4.69) is 0 Å². The second kappa shape index (κ2) is 6.70. The normalized spacial score (nSPS) is 24.6. The first-order chi connectivity index (χ1) is 11.7. The van der Waals surface area contributed by atoms with Gasteiger partial charge in [0.1, 0.15) is 0 Å². The van der Waals surface area contributed by atoms with Crippen LogP contribution in [0.4, 0.5) is 0 Å². The van der Waals surface area contributed by atoms with Gasteiger partial charge in [-0.25, -0.2) is 0 Å². The lowest BCUT2D eigenvalue weighted by Gasteiger charge is -2.36. The number of carbonyl (C=O) groups is 1. The van der Waals surface area contributed by atoms with Gasteiger partial charge in [-0.15, -0.1) is 0 Å². The van der Waals surface area contributed by atoms with Gasteiger partial charge in [-0.05, 0) is 55.9 Å². The van der Waals surface area contributed by atoms with Crippen LogP contribution >= 0.6 is 0 Å². The van der Waals surface area contributed by atoms with E-state index in [9.17, 15) is 13.2 Å². The van der Waals surface area contributed by atoms with Crippen LogP contribution in [-0.4, -0.2) is 67.6 Å². The molecular weight excluding hydrogens is 338 g/mol. The van der Waals surface area contributed by atoms with E-state index in [1.54, 1.807) is 18.4 Å². The molecule has 1 amide bonds. The van der Waals surface area contributed by atoms with Crippen molar-refractivity contribution in [2.75, 3.05) is 33.7 Å². The molecule has 3 aliphatic rings. The molecule has 3 aliphatic heterocycles. The minimum absolute atomic E-state index is 0.0156. The van der Waals surface area contributed by atoms with E-state index in [4.69, 9.17) is 0 Å². The van der Waals surface area contributed by atoms with E-state index >= 15 is 0 Å². The topological polar surface area (TPSA) is 60.9 Å². The quantitative estimate of drug-likeness (QED) is 0.818.